The summed E-state index contributed by atoms with van der Waals surface area (Å²) in [5.74, 6) is 2.26. The molecule has 0 saturated heterocycles. The Morgan fingerprint density at radius 3 is 2.53 bits per heavy atom. The lowest BCUT2D eigenvalue weighted by Crippen LogP contribution is -2.25. The van der Waals surface area contributed by atoms with E-state index >= 15 is 0 Å². The van der Waals surface area contributed by atoms with Crippen molar-refractivity contribution < 1.29 is 19.0 Å². The van der Waals surface area contributed by atoms with E-state index in [1.165, 1.54) is 5.56 Å². The van der Waals surface area contributed by atoms with Gasteiger partial charge in [0.1, 0.15) is 11.3 Å². The zero-order valence-corrected chi connectivity index (χ0v) is 18.3. The van der Waals surface area contributed by atoms with Gasteiger partial charge >= 0.3 is 0 Å². The molecule has 30 heavy (non-hydrogen) atoms. The molecular formula is C25H33NO4. The minimum atomic E-state index is 0.200. The van der Waals surface area contributed by atoms with Gasteiger partial charge in [-0.25, -0.2) is 0 Å². The third kappa shape index (κ3) is 5.55. The quantitative estimate of drug-likeness (QED) is 0.418. The standard InChI is InChI=1S/C25H33NO4/c1-4-26(5-2)13-7-15-29-22-12-11-21(18-25(22)28-3)24-17-20-10-9-19(8-6-14-27)16-23(20)30-24/h9-12,16-18,27H,4-8,13-15H2,1-3H3. The molecule has 0 aliphatic rings. The summed E-state index contributed by atoms with van der Waals surface area (Å²) in [4.78, 5) is 2.39. The molecule has 1 aromatic heterocycles. The fraction of sp³-hybridized carbons (Fsp3) is 0.440. The van der Waals surface area contributed by atoms with Gasteiger partial charge in [-0.1, -0.05) is 26.0 Å². The van der Waals surface area contributed by atoms with Gasteiger partial charge in [0.2, 0.25) is 0 Å². The first-order chi connectivity index (χ1) is 14.7. The van der Waals surface area contributed by atoms with E-state index in [0.29, 0.717) is 12.4 Å². The predicted molar refractivity (Wildman–Crippen MR) is 122 cm³/mol. The summed E-state index contributed by atoms with van der Waals surface area (Å²) in [5.41, 5.74) is 2.98. The Morgan fingerprint density at radius 1 is 0.967 bits per heavy atom. The van der Waals surface area contributed by atoms with E-state index in [0.717, 1.165) is 66.9 Å². The Hall–Kier alpha value is -2.50. The van der Waals surface area contributed by atoms with Crippen LogP contribution >= 0.6 is 0 Å². The molecule has 162 valence electrons. The summed E-state index contributed by atoms with van der Waals surface area (Å²) in [5, 5.41) is 10.1. The molecule has 3 rings (SSSR count). The van der Waals surface area contributed by atoms with E-state index in [2.05, 4.69) is 36.9 Å². The third-order valence-electron chi connectivity index (χ3n) is 5.43. The van der Waals surface area contributed by atoms with Crippen molar-refractivity contribution in [2.24, 2.45) is 0 Å². The van der Waals surface area contributed by atoms with Crippen molar-refractivity contribution in [2.45, 2.75) is 33.1 Å². The molecule has 5 nitrogen and oxygen atoms in total. The summed E-state index contributed by atoms with van der Waals surface area (Å²) in [6.45, 7) is 8.38. The van der Waals surface area contributed by atoms with Crippen molar-refractivity contribution >= 4 is 11.0 Å². The number of nitrogens with zero attached hydrogens (tertiary/aromatic N) is 1. The van der Waals surface area contributed by atoms with Gasteiger partial charge in [-0.15, -0.1) is 0 Å². The molecule has 0 radical (unpaired) electrons. The number of aliphatic hydroxyl groups is 1. The molecule has 1 N–H and O–H groups in total. The number of hydrogen-bond donors (Lipinski definition) is 1. The SMILES string of the molecule is CCN(CC)CCCOc1ccc(-c2cc3ccc(CCCO)cc3o2)cc1OC. The molecule has 0 aliphatic heterocycles. The Balaban J connectivity index is 1.70. The smallest absolute Gasteiger partial charge is 0.161 e. The molecule has 0 bridgehead atoms. The van der Waals surface area contributed by atoms with E-state index < -0.39 is 0 Å². The van der Waals surface area contributed by atoms with Gasteiger partial charge in [-0.2, -0.15) is 0 Å². The van der Waals surface area contributed by atoms with Gasteiger partial charge in [0.05, 0.1) is 13.7 Å². The van der Waals surface area contributed by atoms with Crippen LogP contribution in [0, 0.1) is 0 Å². The fourth-order valence-corrected chi connectivity index (χ4v) is 3.61. The molecule has 0 fully saturated rings. The molecule has 5 heteroatoms. The summed E-state index contributed by atoms with van der Waals surface area (Å²) < 4.78 is 17.6. The van der Waals surface area contributed by atoms with E-state index in [1.807, 2.05) is 24.3 Å². The van der Waals surface area contributed by atoms with Gasteiger partial charge in [-0.05, 0) is 68.2 Å². The third-order valence-corrected chi connectivity index (χ3v) is 5.43. The van der Waals surface area contributed by atoms with E-state index in [-0.39, 0.29) is 6.61 Å². The van der Waals surface area contributed by atoms with Gasteiger partial charge in [0.15, 0.2) is 11.5 Å². The largest absolute Gasteiger partial charge is 0.493 e. The maximum atomic E-state index is 9.03. The second-order valence-electron chi connectivity index (χ2n) is 7.40. The normalized spacial score (nSPS) is 11.4. The first kappa shape index (κ1) is 22.2. The lowest BCUT2D eigenvalue weighted by Gasteiger charge is -2.18. The van der Waals surface area contributed by atoms with Crippen LogP contribution in [-0.4, -0.2) is 50.0 Å². The maximum absolute atomic E-state index is 9.03. The highest BCUT2D eigenvalue weighted by Gasteiger charge is 2.12. The topological polar surface area (TPSA) is 55.1 Å². The van der Waals surface area contributed by atoms with Crippen molar-refractivity contribution in [1.29, 1.82) is 0 Å². The average molecular weight is 412 g/mol. The Labute approximate surface area is 179 Å². The molecule has 0 spiro atoms. The second kappa shape index (κ2) is 11.0. The van der Waals surface area contributed by atoms with Crippen LogP contribution in [0.3, 0.4) is 0 Å². The lowest BCUT2D eigenvalue weighted by molar-refractivity contribution is 0.242. The summed E-state index contributed by atoms with van der Waals surface area (Å²) in [6, 6.07) is 14.2. The second-order valence-corrected chi connectivity index (χ2v) is 7.40. The molecule has 0 unspecified atom stereocenters. The van der Waals surface area contributed by atoms with Gasteiger partial charge < -0.3 is 23.9 Å². The van der Waals surface area contributed by atoms with Gasteiger partial charge in [0.25, 0.3) is 0 Å². The molecule has 0 saturated carbocycles. The fourth-order valence-electron chi connectivity index (χ4n) is 3.61. The number of aliphatic hydroxyl groups excluding tert-OH is 1. The lowest BCUT2D eigenvalue weighted by atomic mass is 10.1. The van der Waals surface area contributed by atoms with E-state index in [4.69, 9.17) is 19.0 Å². The highest BCUT2D eigenvalue weighted by molar-refractivity contribution is 5.83. The first-order valence-corrected chi connectivity index (χ1v) is 10.8. The van der Waals surface area contributed by atoms with Crippen molar-refractivity contribution in [3.8, 4) is 22.8 Å². The molecule has 3 aromatic rings. The highest BCUT2D eigenvalue weighted by Crippen LogP contribution is 2.35. The number of hydrogen-bond acceptors (Lipinski definition) is 5. The first-order valence-electron chi connectivity index (χ1n) is 10.8. The number of ether oxygens (including phenoxy) is 2. The van der Waals surface area contributed by atoms with Crippen molar-refractivity contribution in [1.82, 2.24) is 4.90 Å². The van der Waals surface area contributed by atoms with Crippen LogP contribution < -0.4 is 9.47 Å². The van der Waals surface area contributed by atoms with Crippen molar-refractivity contribution in [3.63, 3.8) is 0 Å². The maximum Gasteiger partial charge on any atom is 0.161 e. The van der Waals surface area contributed by atoms with Crippen molar-refractivity contribution in [3.05, 3.63) is 48.0 Å². The van der Waals surface area contributed by atoms with Crippen molar-refractivity contribution in [2.75, 3.05) is 40.0 Å². The van der Waals surface area contributed by atoms with Crippen LogP contribution in [0.2, 0.25) is 0 Å². The minimum Gasteiger partial charge on any atom is -0.493 e. The minimum absolute atomic E-state index is 0.200. The monoisotopic (exact) mass is 411 g/mol. The Kier molecular flexibility index (Phi) is 8.17. The van der Waals surface area contributed by atoms with Crippen LogP contribution in [0.25, 0.3) is 22.3 Å². The van der Waals surface area contributed by atoms with E-state index in [9.17, 15) is 0 Å². The summed E-state index contributed by atoms with van der Waals surface area (Å²) in [6.07, 6.45) is 2.58. The number of fused-ring (bicyclic) bond motifs is 1. The zero-order chi connectivity index (χ0) is 21.3. The number of methoxy groups -OCH3 is 1. The summed E-state index contributed by atoms with van der Waals surface area (Å²) in [7, 11) is 1.66. The van der Waals surface area contributed by atoms with Crippen LogP contribution in [0.4, 0.5) is 0 Å². The average Bonchev–Trinajstić information content (AvgIpc) is 3.21. The van der Waals surface area contributed by atoms with E-state index in [1.54, 1.807) is 7.11 Å². The van der Waals surface area contributed by atoms with Gasteiger partial charge in [-0.3, -0.25) is 0 Å². The molecule has 1 heterocycles. The van der Waals surface area contributed by atoms with Crippen LogP contribution in [0.15, 0.2) is 46.9 Å². The molecular weight excluding hydrogens is 378 g/mol. The molecule has 0 amide bonds. The molecule has 2 aromatic carbocycles. The van der Waals surface area contributed by atoms with Gasteiger partial charge in [0, 0.05) is 24.1 Å². The predicted octanol–water partition coefficient (Wildman–Crippen LogP) is 5.14. The molecule has 0 aliphatic carbocycles. The number of rotatable bonds is 12. The highest BCUT2D eigenvalue weighted by atomic mass is 16.5. The number of furan rings is 1. The van der Waals surface area contributed by atoms with Crippen LogP contribution in [0.5, 0.6) is 11.5 Å². The molecule has 0 atom stereocenters. The number of aryl methyl sites for hydroxylation is 1. The Morgan fingerprint density at radius 2 is 1.80 bits per heavy atom. The Bertz CT molecular complexity index is 930. The summed E-state index contributed by atoms with van der Waals surface area (Å²) >= 11 is 0. The number of benzene rings is 2. The van der Waals surface area contributed by atoms with Crippen LogP contribution in [0.1, 0.15) is 32.3 Å². The van der Waals surface area contributed by atoms with Crippen LogP contribution in [-0.2, 0) is 6.42 Å². The zero-order valence-electron chi connectivity index (χ0n) is 18.3.